The monoisotopic (exact) mass is 396 g/mol. The lowest BCUT2D eigenvalue weighted by Crippen LogP contribution is -2.60. The number of hydrogen-bond donors (Lipinski definition) is 0. The van der Waals surface area contributed by atoms with Gasteiger partial charge >= 0.3 is 5.97 Å². The van der Waals surface area contributed by atoms with Crippen LogP contribution >= 0.6 is 0 Å². The van der Waals surface area contributed by atoms with E-state index < -0.39 is 0 Å². The molecule has 7 unspecified atom stereocenters. The van der Waals surface area contributed by atoms with Gasteiger partial charge in [-0.2, -0.15) is 0 Å². The molecule has 4 nitrogen and oxygen atoms in total. The van der Waals surface area contributed by atoms with Gasteiger partial charge < -0.3 is 14.2 Å². The number of fused-ring (bicyclic) bond motifs is 5. The summed E-state index contributed by atoms with van der Waals surface area (Å²) >= 11 is 0. The van der Waals surface area contributed by atoms with Crippen LogP contribution < -0.4 is 0 Å². The van der Waals surface area contributed by atoms with Gasteiger partial charge in [-0.25, -0.2) is 4.79 Å². The summed E-state index contributed by atoms with van der Waals surface area (Å²) in [4.78, 5) is 11.7. The van der Waals surface area contributed by atoms with Gasteiger partial charge in [0.15, 0.2) is 6.29 Å². The molecule has 1 spiro atoms. The number of esters is 1. The zero-order valence-corrected chi connectivity index (χ0v) is 17.6. The van der Waals surface area contributed by atoms with E-state index in [1.807, 2.05) is 0 Å². The summed E-state index contributed by atoms with van der Waals surface area (Å²) in [6.45, 7) is 5.74. The Labute approximate surface area is 173 Å². The van der Waals surface area contributed by atoms with Crippen LogP contribution in [0.3, 0.4) is 0 Å². The second kappa shape index (κ2) is 6.31. The Hall–Kier alpha value is -1.39. The van der Waals surface area contributed by atoms with Crippen molar-refractivity contribution < 1.29 is 19.0 Å². The van der Waals surface area contributed by atoms with E-state index >= 15 is 0 Å². The minimum atomic E-state index is -0.162. The van der Waals surface area contributed by atoms with E-state index in [4.69, 9.17) is 14.2 Å². The predicted molar refractivity (Wildman–Crippen MR) is 109 cm³/mol. The molecule has 0 aromatic carbocycles. The maximum absolute atomic E-state index is 11.7. The van der Waals surface area contributed by atoms with E-state index in [1.54, 1.807) is 17.2 Å². The van der Waals surface area contributed by atoms with E-state index in [1.165, 1.54) is 31.3 Å². The molecule has 4 heteroatoms. The molecule has 156 valence electrons. The zero-order chi connectivity index (χ0) is 19.8. The highest BCUT2D eigenvalue weighted by Crippen LogP contribution is 2.68. The van der Waals surface area contributed by atoms with Crippen molar-refractivity contribution in [3.05, 3.63) is 34.9 Å². The van der Waals surface area contributed by atoms with Gasteiger partial charge in [-0.3, -0.25) is 0 Å². The van der Waals surface area contributed by atoms with Gasteiger partial charge in [0.25, 0.3) is 0 Å². The van der Waals surface area contributed by atoms with E-state index in [0.29, 0.717) is 37.1 Å². The average molecular weight is 397 g/mol. The minimum absolute atomic E-state index is 0.0650. The van der Waals surface area contributed by atoms with Crippen LogP contribution in [-0.2, 0) is 19.0 Å². The molecule has 7 rings (SSSR count). The van der Waals surface area contributed by atoms with Crippen molar-refractivity contribution in [2.45, 2.75) is 71.2 Å². The fraction of sp³-hybridized carbons (Fsp3) is 0.720. The topological polar surface area (TPSA) is 44.8 Å². The average Bonchev–Trinajstić information content (AvgIpc) is 3.30. The van der Waals surface area contributed by atoms with Crippen molar-refractivity contribution in [3.63, 3.8) is 0 Å². The minimum Gasteiger partial charge on any atom is -0.458 e. The second-order valence-electron chi connectivity index (χ2n) is 10.2. The van der Waals surface area contributed by atoms with Crippen molar-refractivity contribution in [3.8, 4) is 0 Å². The number of cyclic esters (lactones) is 1. The number of allylic oxidation sites excluding steroid dienone is 3. The Balaban J connectivity index is 1.36. The van der Waals surface area contributed by atoms with Crippen molar-refractivity contribution in [2.75, 3.05) is 13.2 Å². The van der Waals surface area contributed by atoms with Crippen molar-refractivity contribution in [2.24, 2.45) is 28.6 Å². The number of rotatable bonds is 3. The molecule has 2 bridgehead atoms. The smallest absolute Gasteiger partial charge is 0.331 e. The molecule has 7 aliphatic rings. The highest BCUT2D eigenvalue weighted by atomic mass is 16.7. The van der Waals surface area contributed by atoms with Crippen molar-refractivity contribution in [1.82, 2.24) is 0 Å². The van der Waals surface area contributed by atoms with Gasteiger partial charge in [-0.05, 0) is 80.6 Å². The predicted octanol–water partition coefficient (Wildman–Crippen LogP) is 4.71. The fourth-order valence-corrected chi connectivity index (χ4v) is 8.02. The maximum atomic E-state index is 11.7. The van der Waals surface area contributed by atoms with Crippen LogP contribution in [0.1, 0.15) is 58.8 Å². The van der Waals surface area contributed by atoms with Gasteiger partial charge in [0.2, 0.25) is 0 Å². The van der Waals surface area contributed by atoms with E-state index in [-0.39, 0.29) is 23.1 Å². The van der Waals surface area contributed by atoms with Crippen LogP contribution in [-0.4, -0.2) is 31.6 Å². The molecule has 4 aliphatic carbocycles. The zero-order valence-electron chi connectivity index (χ0n) is 17.6. The Morgan fingerprint density at radius 3 is 2.90 bits per heavy atom. The highest BCUT2D eigenvalue weighted by molar-refractivity contribution is 5.85. The molecule has 0 aromatic rings. The first-order valence-electron chi connectivity index (χ1n) is 11.6. The summed E-state index contributed by atoms with van der Waals surface area (Å²) in [5.41, 5.74) is 4.74. The summed E-state index contributed by atoms with van der Waals surface area (Å²) in [6, 6.07) is 0. The number of hydrogen-bond acceptors (Lipinski definition) is 4. The summed E-state index contributed by atoms with van der Waals surface area (Å²) < 4.78 is 17.9. The van der Waals surface area contributed by atoms with Crippen molar-refractivity contribution >= 4 is 5.97 Å². The first kappa shape index (κ1) is 18.4. The fourth-order valence-electron chi connectivity index (χ4n) is 8.02. The third-order valence-corrected chi connectivity index (χ3v) is 9.25. The Kier molecular flexibility index (Phi) is 4.00. The lowest BCUT2D eigenvalue weighted by atomic mass is 9.47. The third-order valence-electron chi connectivity index (χ3n) is 9.25. The molecule has 0 radical (unpaired) electrons. The molecule has 3 aliphatic heterocycles. The number of carbonyl (C=O) groups is 1. The van der Waals surface area contributed by atoms with Crippen LogP contribution in [0.2, 0.25) is 0 Å². The van der Waals surface area contributed by atoms with Crippen LogP contribution in [0.25, 0.3) is 0 Å². The molecule has 29 heavy (non-hydrogen) atoms. The van der Waals surface area contributed by atoms with E-state index in [0.717, 1.165) is 19.3 Å². The Morgan fingerprint density at radius 1 is 1.21 bits per heavy atom. The maximum Gasteiger partial charge on any atom is 0.331 e. The SMILES string of the molecule is CCOC1OC2CCC13C(=CCC1C4=CCC(C5=CC(=O)OC5)C4(C)CCC13)C2. The number of ether oxygens (including phenoxy) is 3. The summed E-state index contributed by atoms with van der Waals surface area (Å²) in [5, 5.41) is 0. The Bertz CT molecular complexity index is 838. The van der Waals surface area contributed by atoms with E-state index in [9.17, 15) is 4.79 Å². The quantitative estimate of drug-likeness (QED) is 0.512. The second-order valence-corrected chi connectivity index (χ2v) is 10.2. The lowest BCUT2D eigenvalue weighted by molar-refractivity contribution is -0.284. The van der Waals surface area contributed by atoms with Crippen LogP contribution in [0.4, 0.5) is 0 Å². The molecule has 4 fully saturated rings. The molecule has 0 N–H and O–H groups in total. The van der Waals surface area contributed by atoms with Gasteiger partial charge in [0, 0.05) is 18.1 Å². The van der Waals surface area contributed by atoms with Crippen LogP contribution in [0.5, 0.6) is 0 Å². The molecule has 0 aromatic heterocycles. The van der Waals surface area contributed by atoms with Crippen LogP contribution in [0, 0.1) is 28.6 Å². The number of carbonyl (C=O) groups excluding carboxylic acids is 1. The first-order valence-corrected chi connectivity index (χ1v) is 11.6. The summed E-state index contributed by atoms with van der Waals surface area (Å²) in [5.74, 6) is 1.47. The summed E-state index contributed by atoms with van der Waals surface area (Å²) in [7, 11) is 0. The third kappa shape index (κ3) is 2.36. The molecule has 7 atom stereocenters. The van der Waals surface area contributed by atoms with Gasteiger partial charge in [-0.15, -0.1) is 0 Å². The summed E-state index contributed by atoms with van der Waals surface area (Å²) in [6.07, 6.45) is 15.3. The largest absolute Gasteiger partial charge is 0.458 e. The molecular weight excluding hydrogens is 364 g/mol. The molecule has 2 saturated carbocycles. The highest BCUT2D eigenvalue weighted by Gasteiger charge is 2.63. The molecule has 2 saturated heterocycles. The van der Waals surface area contributed by atoms with Crippen LogP contribution in [0.15, 0.2) is 34.9 Å². The first-order chi connectivity index (χ1) is 14.1. The Morgan fingerprint density at radius 2 is 2.10 bits per heavy atom. The molecular formula is C25H32O4. The molecule has 3 heterocycles. The van der Waals surface area contributed by atoms with Gasteiger partial charge in [0.1, 0.15) is 6.61 Å². The van der Waals surface area contributed by atoms with Gasteiger partial charge in [0.05, 0.1) is 6.10 Å². The molecule has 0 amide bonds. The van der Waals surface area contributed by atoms with E-state index in [2.05, 4.69) is 26.0 Å². The van der Waals surface area contributed by atoms with Gasteiger partial charge in [-0.1, -0.05) is 30.2 Å². The van der Waals surface area contributed by atoms with Crippen molar-refractivity contribution in [1.29, 1.82) is 0 Å². The standard InChI is InChI=1S/C25H32O4/c1-3-27-23-25-11-8-17(29-23)13-16(25)4-5-18-20-7-6-19(15-12-22(26)28-14-15)24(20,2)10-9-21(18)25/h4,7,12,17-19,21,23H,3,5-6,8-11,13-14H2,1-2H3. The normalized spacial score (nSPS) is 47.6. The lowest BCUT2D eigenvalue weighted by Gasteiger charge is -2.62.